The Balaban J connectivity index is 1.83. The summed E-state index contributed by atoms with van der Waals surface area (Å²) < 4.78 is 11.2. The predicted octanol–water partition coefficient (Wildman–Crippen LogP) is 3.79. The Bertz CT molecular complexity index is 510. The summed E-state index contributed by atoms with van der Waals surface area (Å²) in [6.07, 6.45) is 3.09. The Labute approximate surface area is 141 Å². The monoisotopic (exact) mass is 345 g/mol. The molecule has 1 aliphatic rings. The lowest BCUT2D eigenvalue weighted by atomic mass is 10.1. The zero-order chi connectivity index (χ0) is 15.9. The van der Waals surface area contributed by atoms with Gasteiger partial charge in [-0.1, -0.05) is 30.1 Å². The fourth-order valence-corrected chi connectivity index (χ4v) is 2.87. The van der Waals surface area contributed by atoms with Crippen LogP contribution in [0.25, 0.3) is 0 Å². The maximum absolute atomic E-state index is 12.2. The zero-order valence-corrected chi connectivity index (χ0v) is 14.2. The van der Waals surface area contributed by atoms with Crippen LogP contribution in [0.5, 0.6) is 5.75 Å². The number of amides is 1. The third kappa shape index (κ3) is 5.04. The van der Waals surface area contributed by atoms with Gasteiger partial charge in [-0.3, -0.25) is 4.79 Å². The van der Waals surface area contributed by atoms with E-state index < -0.39 is 0 Å². The molecule has 22 heavy (non-hydrogen) atoms. The minimum Gasteiger partial charge on any atom is -0.482 e. The van der Waals surface area contributed by atoms with Gasteiger partial charge in [0.1, 0.15) is 5.75 Å². The molecule has 0 radical (unpaired) electrons. The van der Waals surface area contributed by atoms with Crippen molar-refractivity contribution in [3.63, 3.8) is 0 Å². The van der Waals surface area contributed by atoms with Gasteiger partial charge >= 0.3 is 0 Å². The maximum atomic E-state index is 12.2. The first-order valence-corrected chi connectivity index (χ1v) is 8.33. The molecule has 122 valence electrons. The van der Waals surface area contributed by atoms with Gasteiger partial charge in [0.15, 0.2) is 6.61 Å². The summed E-state index contributed by atoms with van der Waals surface area (Å²) in [6, 6.07) is 4.95. The Morgan fingerprint density at radius 3 is 2.95 bits per heavy atom. The van der Waals surface area contributed by atoms with Gasteiger partial charge in [0.2, 0.25) is 0 Å². The highest BCUT2D eigenvalue weighted by Gasteiger charge is 2.24. The van der Waals surface area contributed by atoms with Crippen molar-refractivity contribution in [2.75, 3.05) is 26.3 Å². The fraction of sp³-hybridized carbons (Fsp3) is 0.562. The normalized spacial score (nSPS) is 18.3. The van der Waals surface area contributed by atoms with E-state index in [0.29, 0.717) is 22.3 Å². The standard InChI is InChI=1S/C16H21Cl2NO3/c1-2-8-21-13-4-3-7-19(10-13)16(20)11-22-15-6-5-12(17)9-14(15)18/h5-6,9,13H,2-4,7-8,10-11H2,1H3/t13-/m1/s1. The number of nitrogens with zero attached hydrogens (tertiary/aromatic N) is 1. The van der Waals surface area contributed by atoms with Crippen LogP contribution in [0, 0.1) is 0 Å². The molecule has 0 saturated carbocycles. The minimum absolute atomic E-state index is 0.0259. The SMILES string of the molecule is CCCO[C@@H]1CCCN(C(=O)COc2ccc(Cl)cc2Cl)C1. The second-order valence-electron chi connectivity index (χ2n) is 5.34. The van der Waals surface area contributed by atoms with E-state index >= 15 is 0 Å². The molecule has 1 aromatic rings. The highest BCUT2D eigenvalue weighted by molar-refractivity contribution is 6.35. The molecule has 1 aliphatic heterocycles. The van der Waals surface area contributed by atoms with Crippen LogP contribution in [-0.2, 0) is 9.53 Å². The van der Waals surface area contributed by atoms with E-state index in [2.05, 4.69) is 6.92 Å². The Morgan fingerprint density at radius 1 is 1.41 bits per heavy atom. The summed E-state index contributed by atoms with van der Waals surface area (Å²) >= 11 is 11.9. The van der Waals surface area contributed by atoms with Crippen molar-refractivity contribution in [2.45, 2.75) is 32.3 Å². The van der Waals surface area contributed by atoms with Crippen LogP contribution in [0.4, 0.5) is 0 Å². The summed E-state index contributed by atoms with van der Waals surface area (Å²) in [5, 5.41) is 0.943. The summed E-state index contributed by atoms with van der Waals surface area (Å²) in [5.41, 5.74) is 0. The summed E-state index contributed by atoms with van der Waals surface area (Å²) in [6.45, 7) is 4.18. The van der Waals surface area contributed by atoms with Crippen LogP contribution in [0.15, 0.2) is 18.2 Å². The molecule has 0 aromatic heterocycles. The first-order valence-electron chi connectivity index (χ1n) is 7.57. The van der Waals surface area contributed by atoms with E-state index in [-0.39, 0.29) is 18.6 Å². The van der Waals surface area contributed by atoms with Crippen molar-refractivity contribution in [3.8, 4) is 5.75 Å². The molecule has 1 saturated heterocycles. The number of benzene rings is 1. The van der Waals surface area contributed by atoms with Crippen molar-refractivity contribution >= 4 is 29.1 Å². The molecular formula is C16H21Cl2NO3. The fourth-order valence-electron chi connectivity index (χ4n) is 2.41. The average molecular weight is 346 g/mol. The number of halogens is 2. The van der Waals surface area contributed by atoms with Gasteiger partial charge in [-0.05, 0) is 37.5 Å². The van der Waals surface area contributed by atoms with Crippen LogP contribution in [0.1, 0.15) is 26.2 Å². The van der Waals surface area contributed by atoms with E-state index in [1.165, 1.54) is 0 Å². The minimum atomic E-state index is -0.0455. The van der Waals surface area contributed by atoms with E-state index in [1.807, 2.05) is 0 Å². The number of hydrogen-bond donors (Lipinski definition) is 0. The maximum Gasteiger partial charge on any atom is 0.260 e. The first kappa shape index (κ1) is 17.4. The summed E-state index contributed by atoms with van der Waals surface area (Å²) in [5.74, 6) is 0.422. The van der Waals surface area contributed by atoms with Crippen LogP contribution in [-0.4, -0.2) is 43.2 Å². The van der Waals surface area contributed by atoms with Crippen molar-refractivity contribution < 1.29 is 14.3 Å². The number of ether oxygens (including phenoxy) is 2. The first-order chi connectivity index (χ1) is 10.6. The van der Waals surface area contributed by atoms with Gasteiger partial charge in [0.25, 0.3) is 5.91 Å². The second kappa shape index (κ2) is 8.61. The Hall–Kier alpha value is -0.970. The number of rotatable bonds is 6. The van der Waals surface area contributed by atoms with Crippen molar-refractivity contribution in [3.05, 3.63) is 28.2 Å². The highest BCUT2D eigenvalue weighted by Crippen LogP contribution is 2.27. The molecule has 0 aliphatic carbocycles. The molecule has 6 heteroatoms. The molecule has 0 bridgehead atoms. The zero-order valence-electron chi connectivity index (χ0n) is 12.7. The molecule has 0 spiro atoms. The molecule has 1 amide bonds. The van der Waals surface area contributed by atoms with E-state index in [0.717, 1.165) is 32.4 Å². The van der Waals surface area contributed by atoms with Crippen LogP contribution >= 0.6 is 23.2 Å². The second-order valence-corrected chi connectivity index (χ2v) is 6.18. The van der Waals surface area contributed by atoms with Gasteiger partial charge in [0.05, 0.1) is 11.1 Å². The quantitative estimate of drug-likeness (QED) is 0.787. The van der Waals surface area contributed by atoms with Gasteiger partial charge in [-0.25, -0.2) is 0 Å². The molecule has 1 atom stereocenters. The molecule has 0 N–H and O–H groups in total. The molecule has 2 rings (SSSR count). The van der Waals surface area contributed by atoms with Gasteiger partial charge in [-0.15, -0.1) is 0 Å². The molecule has 1 heterocycles. The van der Waals surface area contributed by atoms with Gasteiger partial charge < -0.3 is 14.4 Å². The Kier molecular flexibility index (Phi) is 6.80. The van der Waals surface area contributed by atoms with E-state index in [9.17, 15) is 4.79 Å². The van der Waals surface area contributed by atoms with Crippen LogP contribution in [0.2, 0.25) is 10.0 Å². The lowest BCUT2D eigenvalue weighted by molar-refractivity contribution is -0.137. The van der Waals surface area contributed by atoms with E-state index in [4.69, 9.17) is 32.7 Å². The number of carbonyl (C=O) groups is 1. The molecule has 1 aromatic carbocycles. The topological polar surface area (TPSA) is 38.8 Å². The largest absolute Gasteiger partial charge is 0.482 e. The average Bonchev–Trinajstić information content (AvgIpc) is 2.52. The van der Waals surface area contributed by atoms with Crippen LogP contribution < -0.4 is 4.74 Å². The molecule has 1 fully saturated rings. The lowest BCUT2D eigenvalue weighted by Crippen LogP contribution is -2.45. The molecular weight excluding hydrogens is 325 g/mol. The third-order valence-corrected chi connectivity index (χ3v) is 4.06. The summed E-state index contributed by atoms with van der Waals surface area (Å²) in [7, 11) is 0. The number of carbonyl (C=O) groups excluding carboxylic acids is 1. The highest BCUT2D eigenvalue weighted by atomic mass is 35.5. The van der Waals surface area contributed by atoms with Crippen molar-refractivity contribution in [2.24, 2.45) is 0 Å². The Morgan fingerprint density at radius 2 is 2.23 bits per heavy atom. The third-order valence-electron chi connectivity index (χ3n) is 3.53. The van der Waals surface area contributed by atoms with Crippen molar-refractivity contribution in [1.82, 2.24) is 4.90 Å². The lowest BCUT2D eigenvalue weighted by Gasteiger charge is -2.32. The molecule has 4 nitrogen and oxygen atoms in total. The summed E-state index contributed by atoms with van der Waals surface area (Å²) in [4.78, 5) is 14.0. The van der Waals surface area contributed by atoms with Crippen LogP contribution in [0.3, 0.4) is 0 Å². The number of piperidine rings is 1. The van der Waals surface area contributed by atoms with E-state index in [1.54, 1.807) is 23.1 Å². The van der Waals surface area contributed by atoms with Gasteiger partial charge in [-0.2, -0.15) is 0 Å². The van der Waals surface area contributed by atoms with Crippen molar-refractivity contribution in [1.29, 1.82) is 0 Å². The molecule has 0 unspecified atom stereocenters. The number of hydrogen-bond acceptors (Lipinski definition) is 3. The van der Waals surface area contributed by atoms with Gasteiger partial charge in [0, 0.05) is 24.7 Å². The number of likely N-dealkylation sites (tertiary alicyclic amines) is 1. The predicted molar refractivity (Wildman–Crippen MR) is 87.8 cm³/mol. The smallest absolute Gasteiger partial charge is 0.260 e.